The number of amides is 1. The van der Waals surface area contributed by atoms with E-state index < -0.39 is 0 Å². The van der Waals surface area contributed by atoms with E-state index in [0.717, 1.165) is 37.0 Å². The number of fused-ring (bicyclic) bond motifs is 1. The van der Waals surface area contributed by atoms with Crippen LogP contribution in [0.1, 0.15) is 30.5 Å². The van der Waals surface area contributed by atoms with Gasteiger partial charge < -0.3 is 14.6 Å². The van der Waals surface area contributed by atoms with Gasteiger partial charge in [-0.15, -0.1) is 0 Å². The molecule has 1 amide bonds. The number of likely N-dealkylation sites (tertiary alicyclic amines) is 1. The maximum absolute atomic E-state index is 12.7. The van der Waals surface area contributed by atoms with E-state index >= 15 is 0 Å². The number of pyridine rings is 1. The van der Waals surface area contributed by atoms with Crippen LogP contribution in [0.2, 0.25) is 0 Å². The SMILES string of the molecule is O=C(CCc1c[nH]c2ccccc12)N1CCCC(OCc2ccccn2)C1. The van der Waals surface area contributed by atoms with Crippen molar-refractivity contribution in [1.82, 2.24) is 14.9 Å². The minimum Gasteiger partial charge on any atom is -0.370 e. The van der Waals surface area contributed by atoms with Crippen molar-refractivity contribution >= 4 is 16.8 Å². The molecule has 3 aromatic rings. The molecule has 140 valence electrons. The highest BCUT2D eigenvalue weighted by Gasteiger charge is 2.24. The summed E-state index contributed by atoms with van der Waals surface area (Å²) in [4.78, 5) is 22.2. The first-order valence-electron chi connectivity index (χ1n) is 9.64. The maximum Gasteiger partial charge on any atom is 0.222 e. The Kier molecular flexibility index (Phi) is 5.49. The number of carbonyl (C=O) groups is 1. The summed E-state index contributed by atoms with van der Waals surface area (Å²) >= 11 is 0. The van der Waals surface area contributed by atoms with Crippen LogP contribution in [0.25, 0.3) is 10.9 Å². The average molecular weight is 363 g/mol. The lowest BCUT2D eigenvalue weighted by Gasteiger charge is -2.32. The van der Waals surface area contributed by atoms with Crippen molar-refractivity contribution in [2.75, 3.05) is 13.1 Å². The molecule has 0 spiro atoms. The molecular formula is C22H25N3O2. The van der Waals surface area contributed by atoms with E-state index in [-0.39, 0.29) is 12.0 Å². The van der Waals surface area contributed by atoms with Crippen molar-refractivity contribution in [2.45, 2.75) is 38.4 Å². The average Bonchev–Trinajstić information content (AvgIpc) is 3.15. The number of ether oxygens (including phenoxy) is 1. The number of aromatic amines is 1. The summed E-state index contributed by atoms with van der Waals surface area (Å²) in [6.45, 7) is 2.01. The van der Waals surface area contributed by atoms with Gasteiger partial charge in [0, 0.05) is 42.8 Å². The number of aromatic nitrogens is 2. The fourth-order valence-electron chi connectivity index (χ4n) is 3.73. The molecule has 1 aliphatic heterocycles. The van der Waals surface area contributed by atoms with Crippen molar-refractivity contribution in [1.29, 1.82) is 0 Å². The maximum atomic E-state index is 12.7. The van der Waals surface area contributed by atoms with E-state index in [2.05, 4.69) is 22.1 Å². The Morgan fingerprint density at radius 1 is 1.22 bits per heavy atom. The topological polar surface area (TPSA) is 58.2 Å². The Balaban J connectivity index is 1.29. The van der Waals surface area contributed by atoms with E-state index in [1.54, 1.807) is 6.20 Å². The number of piperidine rings is 1. The van der Waals surface area contributed by atoms with Gasteiger partial charge in [0.15, 0.2) is 0 Å². The Hall–Kier alpha value is -2.66. The summed E-state index contributed by atoms with van der Waals surface area (Å²) in [6.07, 6.45) is 7.18. The van der Waals surface area contributed by atoms with Crippen LogP contribution in [0.3, 0.4) is 0 Å². The Morgan fingerprint density at radius 3 is 3.00 bits per heavy atom. The van der Waals surface area contributed by atoms with E-state index in [1.165, 1.54) is 10.9 Å². The zero-order valence-electron chi connectivity index (χ0n) is 15.4. The molecule has 5 heteroatoms. The highest BCUT2D eigenvalue weighted by atomic mass is 16.5. The molecule has 1 aromatic carbocycles. The van der Waals surface area contributed by atoms with Crippen molar-refractivity contribution in [3.63, 3.8) is 0 Å². The number of nitrogens with one attached hydrogen (secondary N) is 1. The zero-order chi connectivity index (χ0) is 18.5. The molecule has 1 atom stereocenters. The van der Waals surface area contributed by atoms with Crippen molar-refractivity contribution in [2.24, 2.45) is 0 Å². The van der Waals surface area contributed by atoms with E-state index in [1.807, 2.05) is 41.4 Å². The molecule has 3 heterocycles. The smallest absolute Gasteiger partial charge is 0.222 e. The molecular weight excluding hydrogens is 338 g/mol. The second-order valence-corrected chi connectivity index (χ2v) is 7.10. The largest absolute Gasteiger partial charge is 0.370 e. The molecule has 0 bridgehead atoms. The molecule has 1 fully saturated rings. The van der Waals surface area contributed by atoms with Crippen LogP contribution in [-0.4, -0.2) is 40.0 Å². The first-order chi connectivity index (χ1) is 13.3. The van der Waals surface area contributed by atoms with Gasteiger partial charge in [0.05, 0.1) is 18.4 Å². The standard InChI is InChI=1S/C22H25N3O2/c26-22(11-10-17-14-24-21-9-2-1-8-20(17)21)25-13-5-7-19(15-25)27-16-18-6-3-4-12-23-18/h1-4,6,8-9,12,14,19,24H,5,7,10-11,13,15-16H2. The van der Waals surface area contributed by atoms with Crippen LogP contribution in [-0.2, 0) is 22.6 Å². The number of nitrogens with zero attached hydrogens (tertiary/aromatic N) is 2. The first kappa shape index (κ1) is 17.7. The highest BCUT2D eigenvalue weighted by molar-refractivity contribution is 5.84. The number of hydrogen-bond acceptors (Lipinski definition) is 3. The number of para-hydroxylation sites is 1. The number of carbonyl (C=O) groups excluding carboxylic acids is 1. The van der Waals surface area contributed by atoms with Gasteiger partial charge in [-0.1, -0.05) is 24.3 Å². The monoisotopic (exact) mass is 363 g/mol. The molecule has 0 saturated carbocycles. The molecule has 4 rings (SSSR count). The van der Waals surface area contributed by atoms with Gasteiger partial charge in [0.1, 0.15) is 0 Å². The van der Waals surface area contributed by atoms with Crippen molar-refractivity contribution in [3.8, 4) is 0 Å². The highest BCUT2D eigenvalue weighted by Crippen LogP contribution is 2.20. The van der Waals surface area contributed by atoms with E-state index in [0.29, 0.717) is 19.6 Å². The van der Waals surface area contributed by atoms with Crippen LogP contribution in [0.4, 0.5) is 0 Å². The summed E-state index contributed by atoms with van der Waals surface area (Å²) in [5.74, 6) is 0.214. The molecule has 5 nitrogen and oxygen atoms in total. The number of hydrogen-bond donors (Lipinski definition) is 1. The van der Waals surface area contributed by atoms with Crippen LogP contribution in [0.15, 0.2) is 54.9 Å². The van der Waals surface area contributed by atoms with Crippen LogP contribution < -0.4 is 0 Å². The Morgan fingerprint density at radius 2 is 2.11 bits per heavy atom. The molecule has 1 aliphatic rings. The summed E-state index contributed by atoms with van der Waals surface area (Å²) in [7, 11) is 0. The molecule has 0 radical (unpaired) electrons. The van der Waals surface area contributed by atoms with Crippen molar-refractivity contribution in [3.05, 3.63) is 66.1 Å². The molecule has 1 saturated heterocycles. The fourth-order valence-corrected chi connectivity index (χ4v) is 3.73. The third-order valence-corrected chi connectivity index (χ3v) is 5.21. The summed E-state index contributed by atoms with van der Waals surface area (Å²) in [6, 6.07) is 14.1. The Bertz CT molecular complexity index is 891. The molecule has 0 aliphatic carbocycles. The lowest BCUT2D eigenvalue weighted by atomic mass is 10.1. The molecule has 2 aromatic heterocycles. The number of H-pyrrole nitrogens is 1. The van der Waals surface area contributed by atoms with Gasteiger partial charge in [-0.3, -0.25) is 9.78 Å². The minimum atomic E-state index is 0.0952. The molecule has 1 unspecified atom stereocenters. The van der Waals surface area contributed by atoms with Crippen molar-refractivity contribution < 1.29 is 9.53 Å². The second kappa shape index (κ2) is 8.35. The quantitative estimate of drug-likeness (QED) is 0.726. The van der Waals surface area contributed by atoms with Crippen LogP contribution in [0, 0.1) is 0 Å². The van der Waals surface area contributed by atoms with Gasteiger partial charge in [-0.05, 0) is 43.0 Å². The molecule has 1 N–H and O–H groups in total. The van der Waals surface area contributed by atoms with Crippen LogP contribution in [0.5, 0.6) is 0 Å². The van der Waals surface area contributed by atoms with Gasteiger partial charge in [0.25, 0.3) is 0 Å². The van der Waals surface area contributed by atoms with Gasteiger partial charge in [-0.25, -0.2) is 0 Å². The zero-order valence-corrected chi connectivity index (χ0v) is 15.4. The van der Waals surface area contributed by atoms with Gasteiger partial charge in [0.2, 0.25) is 5.91 Å². The third kappa shape index (κ3) is 4.37. The lowest BCUT2D eigenvalue weighted by molar-refractivity contribution is -0.135. The predicted molar refractivity (Wildman–Crippen MR) is 105 cm³/mol. The Labute approximate surface area is 159 Å². The lowest BCUT2D eigenvalue weighted by Crippen LogP contribution is -2.43. The van der Waals surface area contributed by atoms with Gasteiger partial charge in [-0.2, -0.15) is 0 Å². The van der Waals surface area contributed by atoms with Crippen LogP contribution >= 0.6 is 0 Å². The molecule has 27 heavy (non-hydrogen) atoms. The normalized spacial score (nSPS) is 17.3. The summed E-state index contributed by atoms with van der Waals surface area (Å²) < 4.78 is 6.00. The number of aryl methyl sites for hydroxylation is 1. The number of benzene rings is 1. The second-order valence-electron chi connectivity index (χ2n) is 7.10. The third-order valence-electron chi connectivity index (χ3n) is 5.21. The summed E-state index contributed by atoms with van der Waals surface area (Å²) in [5, 5.41) is 1.21. The van der Waals surface area contributed by atoms with Gasteiger partial charge >= 0.3 is 0 Å². The summed E-state index contributed by atoms with van der Waals surface area (Å²) in [5.41, 5.74) is 3.26. The first-order valence-corrected chi connectivity index (χ1v) is 9.64. The minimum absolute atomic E-state index is 0.0952. The van der Waals surface area contributed by atoms with E-state index in [4.69, 9.17) is 4.74 Å². The number of rotatable bonds is 6. The van der Waals surface area contributed by atoms with E-state index in [9.17, 15) is 4.79 Å². The fraction of sp³-hybridized carbons (Fsp3) is 0.364. The predicted octanol–water partition coefficient (Wildman–Crippen LogP) is 3.70.